The van der Waals surface area contributed by atoms with Crippen molar-refractivity contribution in [2.24, 2.45) is 0 Å². The van der Waals surface area contributed by atoms with E-state index in [0.29, 0.717) is 0 Å². The highest BCUT2D eigenvalue weighted by Crippen LogP contribution is 2.13. The number of hydrogen-bond acceptors (Lipinski definition) is 13. The molecule has 0 spiro atoms. The summed E-state index contributed by atoms with van der Waals surface area (Å²) in [6, 6.07) is 5.64. The normalized spacial score (nSPS) is 13.3. The fraction of sp³-hybridized carbons (Fsp3) is 0.545. The van der Waals surface area contributed by atoms with Crippen molar-refractivity contribution in [3.8, 4) is 0 Å². The average molecular weight is 519 g/mol. The zero-order valence-corrected chi connectivity index (χ0v) is 20.0. The molecule has 0 fully saturated rings. The standard InChI is InChI=1S/C22H30O12S/c1-31-19(27)6-7-20(28)32-9-15(25)10-33-21(29)17-4-2-3-5-18(17)22(30)34-11-16(26)13-35-12-14(24)8-23/h2-5,14-16,23-26H,6-13H2,1H3. The van der Waals surface area contributed by atoms with E-state index in [4.69, 9.17) is 19.3 Å². The summed E-state index contributed by atoms with van der Waals surface area (Å²) in [5, 5.41) is 37.8. The Morgan fingerprint density at radius 2 is 1.26 bits per heavy atom. The molecule has 0 aliphatic heterocycles. The lowest BCUT2D eigenvalue weighted by Gasteiger charge is -2.14. The molecule has 0 saturated carbocycles. The molecule has 3 atom stereocenters. The number of benzene rings is 1. The summed E-state index contributed by atoms with van der Waals surface area (Å²) in [5.74, 6) is -2.77. The van der Waals surface area contributed by atoms with Crippen molar-refractivity contribution < 1.29 is 58.6 Å². The summed E-state index contributed by atoms with van der Waals surface area (Å²) in [5.41, 5.74) is -0.244. The monoisotopic (exact) mass is 518 g/mol. The third-order valence-electron chi connectivity index (χ3n) is 4.21. The number of carbonyl (C=O) groups excluding carboxylic acids is 4. The Balaban J connectivity index is 2.49. The minimum absolute atomic E-state index is 0.114. The SMILES string of the molecule is COC(=O)CCC(=O)OCC(O)COC(=O)c1ccccc1C(=O)OCC(O)CSCC(O)CO. The van der Waals surface area contributed by atoms with Crippen molar-refractivity contribution in [2.45, 2.75) is 31.2 Å². The van der Waals surface area contributed by atoms with Crippen LogP contribution in [0.2, 0.25) is 0 Å². The predicted molar refractivity (Wildman–Crippen MR) is 122 cm³/mol. The van der Waals surface area contributed by atoms with Gasteiger partial charge in [0.25, 0.3) is 0 Å². The van der Waals surface area contributed by atoms with E-state index in [1.54, 1.807) is 0 Å². The van der Waals surface area contributed by atoms with Crippen LogP contribution in [0.25, 0.3) is 0 Å². The van der Waals surface area contributed by atoms with Gasteiger partial charge >= 0.3 is 23.9 Å². The molecule has 0 heterocycles. The van der Waals surface area contributed by atoms with E-state index in [-0.39, 0.29) is 42.1 Å². The Labute approximate surface area is 206 Å². The Hall–Kier alpha value is -2.71. The first-order chi connectivity index (χ1) is 16.7. The molecule has 1 aromatic carbocycles. The lowest BCUT2D eigenvalue weighted by molar-refractivity contribution is -0.151. The Morgan fingerprint density at radius 3 is 1.80 bits per heavy atom. The molecule has 0 aromatic heterocycles. The Morgan fingerprint density at radius 1 is 0.771 bits per heavy atom. The number of ether oxygens (including phenoxy) is 4. The molecule has 35 heavy (non-hydrogen) atoms. The van der Waals surface area contributed by atoms with Crippen LogP contribution in [-0.2, 0) is 28.5 Å². The van der Waals surface area contributed by atoms with Crippen LogP contribution in [0.4, 0.5) is 0 Å². The van der Waals surface area contributed by atoms with E-state index in [1.165, 1.54) is 43.1 Å². The minimum atomic E-state index is -1.34. The smallest absolute Gasteiger partial charge is 0.339 e. The first-order valence-electron chi connectivity index (χ1n) is 10.6. The van der Waals surface area contributed by atoms with Gasteiger partial charge in [-0.3, -0.25) is 9.59 Å². The maximum atomic E-state index is 12.4. The topological polar surface area (TPSA) is 186 Å². The molecular weight excluding hydrogens is 488 g/mol. The van der Waals surface area contributed by atoms with Gasteiger partial charge < -0.3 is 39.4 Å². The van der Waals surface area contributed by atoms with Crippen molar-refractivity contribution in [3.63, 3.8) is 0 Å². The third-order valence-corrected chi connectivity index (χ3v) is 5.45. The quantitative estimate of drug-likeness (QED) is 0.159. The second-order valence-corrected chi connectivity index (χ2v) is 8.26. The molecule has 0 aliphatic rings. The number of aliphatic hydroxyl groups is 4. The van der Waals surface area contributed by atoms with Crippen LogP contribution in [0.1, 0.15) is 33.6 Å². The summed E-state index contributed by atoms with van der Waals surface area (Å²) in [6.45, 7) is -1.75. The predicted octanol–water partition coefficient (Wildman–Crippen LogP) is -0.695. The first kappa shape index (κ1) is 30.3. The molecule has 196 valence electrons. The van der Waals surface area contributed by atoms with E-state index in [0.717, 1.165) is 0 Å². The number of aliphatic hydroxyl groups excluding tert-OH is 4. The Kier molecular flexibility index (Phi) is 14.6. The second kappa shape index (κ2) is 16.8. The third kappa shape index (κ3) is 12.5. The fourth-order valence-corrected chi connectivity index (χ4v) is 3.28. The van der Waals surface area contributed by atoms with Crippen molar-refractivity contribution in [1.82, 2.24) is 0 Å². The highest BCUT2D eigenvalue weighted by atomic mass is 32.2. The Bertz CT molecular complexity index is 830. The average Bonchev–Trinajstić information content (AvgIpc) is 2.87. The first-order valence-corrected chi connectivity index (χ1v) is 11.7. The molecule has 0 amide bonds. The number of esters is 4. The molecule has 13 heteroatoms. The van der Waals surface area contributed by atoms with Crippen LogP contribution in [0.5, 0.6) is 0 Å². The summed E-state index contributed by atoms with van der Waals surface area (Å²) in [7, 11) is 1.18. The molecule has 0 radical (unpaired) electrons. The zero-order chi connectivity index (χ0) is 26.2. The number of carbonyl (C=O) groups is 4. The molecule has 1 rings (SSSR count). The largest absolute Gasteiger partial charge is 0.469 e. The maximum absolute atomic E-state index is 12.4. The van der Waals surface area contributed by atoms with Gasteiger partial charge in [0, 0.05) is 11.5 Å². The van der Waals surface area contributed by atoms with Crippen molar-refractivity contribution in [2.75, 3.05) is 45.0 Å². The van der Waals surface area contributed by atoms with Crippen LogP contribution < -0.4 is 0 Å². The maximum Gasteiger partial charge on any atom is 0.339 e. The molecule has 0 aliphatic carbocycles. The van der Waals surface area contributed by atoms with Gasteiger partial charge in [-0.15, -0.1) is 0 Å². The van der Waals surface area contributed by atoms with Gasteiger partial charge in [-0.2, -0.15) is 11.8 Å². The molecule has 12 nitrogen and oxygen atoms in total. The summed E-state index contributed by atoms with van der Waals surface area (Å²) in [6.07, 6.45) is -3.68. The van der Waals surface area contributed by atoms with Gasteiger partial charge in [0.2, 0.25) is 0 Å². The minimum Gasteiger partial charge on any atom is -0.469 e. The van der Waals surface area contributed by atoms with E-state index < -0.39 is 62.0 Å². The van der Waals surface area contributed by atoms with Crippen LogP contribution in [0, 0.1) is 0 Å². The summed E-state index contributed by atoms with van der Waals surface area (Å²) in [4.78, 5) is 47.3. The number of rotatable bonds is 16. The zero-order valence-electron chi connectivity index (χ0n) is 19.2. The lowest BCUT2D eigenvalue weighted by atomic mass is 10.1. The van der Waals surface area contributed by atoms with Gasteiger partial charge in [0.15, 0.2) is 0 Å². The molecule has 1 aromatic rings. The summed E-state index contributed by atoms with van der Waals surface area (Å²) >= 11 is 1.17. The molecule has 3 unspecified atom stereocenters. The number of methoxy groups -OCH3 is 1. The molecule has 0 saturated heterocycles. The van der Waals surface area contributed by atoms with Gasteiger partial charge in [0.05, 0.1) is 49.9 Å². The molecule has 4 N–H and O–H groups in total. The van der Waals surface area contributed by atoms with E-state index in [2.05, 4.69) is 4.74 Å². The van der Waals surface area contributed by atoms with Crippen molar-refractivity contribution in [3.05, 3.63) is 35.4 Å². The van der Waals surface area contributed by atoms with Crippen molar-refractivity contribution in [1.29, 1.82) is 0 Å². The van der Waals surface area contributed by atoms with E-state index in [1.807, 2.05) is 0 Å². The fourth-order valence-electron chi connectivity index (χ4n) is 2.39. The molecular formula is C22H30O12S. The lowest BCUT2D eigenvalue weighted by Crippen LogP contribution is -2.26. The van der Waals surface area contributed by atoms with Gasteiger partial charge in [0.1, 0.15) is 25.9 Å². The highest BCUT2D eigenvalue weighted by Gasteiger charge is 2.21. The molecule has 0 bridgehead atoms. The van der Waals surface area contributed by atoms with Gasteiger partial charge in [-0.1, -0.05) is 12.1 Å². The summed E-state index contributed by atoms with van der Waals surface area (Å²) < 4.78 is 19.2. The van der Waals surface area contributed by atoms with Crippen LogP contribution in [0.3, 0.4) is 0 Å². The highest BCUT2D eigenvalue weighted by molar-refractivity contribution is 7.99. The van der Waals surface area contributed by atoms with Crippen molar-refractivity contribution >= 4 is 35.6 Å². The van der Waals surface area contributed by atoms with Crippen LogP contribution >= 0.6 is 11.8 Å². The number of thioether (sulfide) groups is 1. The van der Waals surface area contributed by atoms with Crippen LogP contribution in [0.15, 0.2) is 24.3 Å². The second-order valence-electron chi connectivity index (χ2n) is 7.18. The van der Waals surface area contributed by atoms with Crippen LogP contribution in [-0.4, -0.2) is 108 Å². The number of hydrogen-bond donors (Lipinski definition) is 4. The van der Waals surface area contributed by atoms with E-state index in [9.17, 15) is 34.5 Å². The van der Waals surface area contributed by atoms with E-state index >= 15 is 0 Å². The van der Waals surface area contributed by atoms with Gasteiger partial charge in [-0.05, 0) is 12.1 Å². The van der Waals surface area contributed by atoms with Gasteiger partial charge in [-0.25, -0.2) is 9.59 Å².